The van der Waals surface area contributed by atoms with E-state index in [2.05, 4.69) is 6.92 Å². The fraction of sp³-hybridized carbons (Fsp3) is 0.417. The first-order valence-electron chi connectivity index (χ1n) is 10.4. The molecule has 0 aliphatic carbocycles. The van der Waals surface area contributed by atoms with E-state index < -0.39 is 0 Å². The van der Waals surface area contributed by atoms with E-state index in [-0.39, 0.29) is 18.4 Å². The van der Waals surface area contributed by atoms with Gasteiger partial charge in [-0.3, -0.25) is 9.59 Å². The molecular formula is C24H30N2O3. The summed E-state index contributed by atoms with van der Waals surface area (Å²) in [6, 6.07) is 15.6. The van der Waals surface area contributed by atoms with Crippen molar-refractivity contribution >= 4 is 11.8 Å². The first kappa shape index (κ1) is 20.9. The van der Waals surface area contributed by atoms with Gasteiger partial charge < -0.3 is 14.5 Å². The standard InChI is InChI=1S/C24H30N2O3/c1-3-6-20-9-11-22(12-10-20)29-18-23(27)25-13-5-14-26(16-15-25)24(28)21-8-4-7-19(2)17-21/h4,7-12,17H,3,5-6,13-16,18H2,1-2H3. The summed E-state index contributed by atoms with van der Waals surface area (Å²) in [5, 5.41) is 0. The summed E-state index contributed by atoms with van der Waals surface area (Å²) in [5.41, 5.74) is 3.05. The van der Waals surface area contributed by atoms with Gasteiger partial charge in [0.25, 0.3) is 11.8 Å². The van der Waals surface area contributed by atoms with E-state index in [0.717, 1.165) is 24.8 Å². The zero-order chi connectivity index (χ0) is 20.6. The molecule has 0 aromatic heterocycles. The molecule has 0 bridgehead atoms. The molecule has 2 aromatic carbocycles. The van der Waals surface area contributed by atoms with E-state index in [1.165, 1.54) is 5.56 Å². The lowest BCUT2D eigenvalue weighted by molar-refractivity contribution is -0.133. The lowest BCUT2D eigenvalue weighted by Gasteiger charge is -2.22. The summed E-state index contributed by atoms with van der Waals surface area (Å²) in [5.74, 6) is 0.711. The van der Waals surface area contributed by atoms with E-state index in [9.17, 15) is 9.59 Å². The van der Waals surface area contributed by atoms with Gasteiger partial charge in [-0.25, -0.2) is 0 Å². The van der Waals surface area contributed by atoms with Crippen molar-refractivity contribution in [2.75, 3.05) is 32.8 Å². The average Bonchev–Trinajstić information content (AvgIpc) is 2.99. The number of amides is 2. The second-order valence-electron chi connectivity index (χ2n) is 7.58. The third-order valence-corrected chi connectivity index (χ3v) is 5.23. The number of aryl methyl sites for hydroxylation is 2. The number of nitrogens with zero attached hydrogens (tertiary/aromatic N) is 2. The van der Waals surface area contributed by atoms with Crippen LogP contribution in [0.1, 0.15) is 41.3 Å². The Morgan fingerprint density at radius 2 is 1.69 bits per heavy atom. The lowest BCUT2D eigenvalue weighted by atomic mass is 10.1. The highest BCUT2D eigenvalue weighted by Crippen LogP contribution is 2.14. The van der Waals surface area contributed by atoms with Crippen LogP contribution in [-0.2, 0) is 11.2 Å². The molecule has 3 rings (SSSR count). The number of carbonyl (C=O) groups is 2. The molecule has 5 nitrogen and oxygen atoms in total. The maximum absolute atomic E-state index is 12.8. The SMILES string of the molecule is CCCc1ccc(OCC(=O)N2CCCN(C(=O)c3cccc(C)c3)CC2)cc1. The third kappa shape index (κ3) is 5.83. The molecule has 154 valence electrons. The Labute approximate surface area is 173 Å². The van der Waals surface area contributed by atoms with E-state index in [1.54, 1.807) is 4.90 Å². The van der Waals surface area contributed by atoms with E-state index in [0.29, 0.717) is 37.5 Å². The molecule has 0 N–H and O–H groups in total. The van der Waals surface area contributed by atoms with Crippen molar-refractivity contribution in [3.63, 3.8) is 0 Å². The van der Waals surface area contributed by atoms with Gasteiger partial charge in [-0.2, -0.15) is 0 Å². The number of hydrogen-bond acceptors (Lipinski definition) is 3. The molecule has 0 atom stereocenters. The minimum atomic E-state index is -0.0347. The molecule has 2 amide bonds. The fourth-order valence-corrected chi connectivity index (χ4v) is 3.61. The number of hydrogen-bond donors (Lipinski definition) is 0. The van der Waals surface area contributed by atoms with Gasteiger partial charge in [-0.1, -0.05) is 43.2 Å². The highest BCUT2D eigenvalue weighted by molar-refractivity contribution is 5.94. The first-order valence-corrected chi connectivity index (χ1v) is 10.4. The number of ether oxygens (including phenoxy) is 1. The number of benzene rings is 2. The maximum atomic E-state index is 12.8. The van der Waals surface area contributed by atoms with Crippen molar-refractivity contribution < 1.29 is 14.3 Å². The molecule has 2 aromatic rings. The van der Waals surface area contributed by atoms with Crippen LogP contribution in [0.4, 0.5) is 0 Å². The molecule has 1 aliphatic rings. The summed E-state index contributed by atoms with van der Waals surface area (Å²) >= 11 is 0. The van der Waals surface area contributed by atoms with Crippen LogP contribution in [0.5, 0.6) is 5.75 Å². The van der Waals surface area contributed by atoms with E-state index >= 15 is 0 Å². The quantitative estimate of drug-likeness (QED) is 0.751. The van der Waals surface area contributed by atoms with Gasteiger partial charge in [0.2, 0.25) is 0 Å². The minimum Gasteiger partial charge on any atom is -0.484 e. The van der Waals surface area contributed by atoms with Gasteiger partial charge in [-0.15, -0.1) is 0 Å². The van der Waals surface area contributed by atoms with Gasteiger partial charge in [0.05, 0.1) is 0 Å². The summed E-state index contributed by atoms with van der Waals surface area (Å²) in [4.78, 5) is 29.0. The second kappa shape index (κ2) is 10.1. The predicted octanol–water partition coefficient (Wildman–Crippen LogP) is 3.70. The van der Waals surface area contributed by atoms with Crippen molar-refractivity contribution in [2.45, 2.75) is 33.1 Å². The molecule has 0 spiro atoms. The van der Waals surface area contributed by atoms with Crippen molar-refractivity contribution in [2.24, 2.45) is 0 Å². The first-order chi connectivity index (χ1) is 14.1. The van der Waals surface area contributed by atoms with Crippen LogP contribution in [0, 0.1) is 6.92 Å². The van der Waals surface area contributed by atoms with Gasteiger partial charge >= 0.3 is 0 Å². The molecule has 0 unspecified atom stereocenters. The van der Waals surface area contributed by atoms with Gasteiger partial charge in [-0.05, 0) is 49.6 Å². The Kier molecular flexibility index (Phi) is 7.28. The molecular weight excluding hydrogens is 364 g/mol. The summed E-state index contributed by atoms with van der Waals surface area (Å²) in [6.07, 6.45) is 2.93. The Hall–Kier alpha value is -2.82. The second-order valence-corrected chi connectivity index (χ2v) is 7.58. The molecule has 5 heteroatoms. The zero-order valence-corrected chi connectivity index (χ0v) is 17.4. The van der Waals surface area contributed by atoms with Crippen LogP contribution in [0.2, 0.25) is 0 Å². The highest BCUT2D eigenvalue weighted by atomic mass is 16.5. The van der Waals surface area contributed by atoms with E-state index in [1.807, 2.05) is 60.4 Å². The normalized spacial score (nSPS) is 14.4. The van der Waals surface area contributed by atoms with Crippen molar-refractivity contribution in [1.82, 2.24) is 9.80 Å². The maximum Gasteiger partial charge on any atom is 0.260 e. The molecule has 1 fully saturated rings. The molecule has 0 saturated carbocycles. The molecule has 29 heavy (non-hydrogen) atoms. The fourth-order valence-electron chi connectivity index (χ4n) is 3.61. The van der Waals surface area contributed by atoms with Crippen LogP contribution in [-0.4, -0.2) is 54.4 Å². The summed E-state index contributed by atoms with van der Waals surface area (Å²) in [6.45, 7) is 6.56. The molecule has 1 saturated heterocycles. The Bertz CT molecular complexity index is 832. The number of rotatable bonds is 6. The topological polar surface area (TPSA) is 49.9 Å². The van der Waals surface area contributed by atoms with E-state index in [4.69, 9.17) is 4.74 Å². The minimum absolute atomic E-state index is 0.0267. The largest absolute Gasteiger partial charge is 0.484 e. The van der Waals surface area contributed by atoms with Gasteiger partial charge in [0.1, 0.15) is 5.75 Å². The van der Waals surface area contributed by atoms with Crippen LogP contribution in [0.25, 0.3) is 0 Å². The van der Waals surface area contributed by atoms with Gasteiger partial charge in [0, 0.05) is 31.7 Å². The third-order valence-electron chi connectivity index (χ3n) is 5.23. The van der Waals surface area contributed by atoms with Gasteiger partial charge in [0.15, 0.2) is 6.61 Å². The molecule has 1 aliphatic heterocycles. The summed E-state index contributed by atoms with van der Waals surface area (Å²) in [7, 11) is 0. The smallest absolute Gasteiger partial charge is 0.260 e. The summed E-state index contributed by atoms with van der Waals surface area (Å²) < 4.78 is 5.68. The Morgan fingerprint density at radius 3 is 2.41 bits per heavy atom. The lowest BCUT2D eigenvalue weighted by Crippen LogP contribution is -2.39. The molecule has 1 heterocycles. The van der Waals surface area contributed by atoms with Crippen molar-refractivity contribution in [3.8, 4) is 5.75 Å². The zero-order valence-electron chi connectivity index (χ0n) is 17.4. The average molecular weight is 395 g/mol. The van der Waals surface area contributed by atoms with Crippen LogP contribution in [0.3, 0.4) is 0 Å². The Morgan fingerprint density at radius 1 is 0.966 bits per heavy atom. The Balaban J connectivity index is 1.50. The molecule has 0 radical (unpaired) electrons. The monoisotopic (exact) mass is 394 g/mol. The van der Waals surface area contributed by atoms with Crippen LogP contribution >= 0.6 is 0 Å². The van der Waals surface area contributed by atoms with Crippen molar-refractivity contribution in [1.29, 1.82) is 0 Å². The van der Waals surface area contributed by atoms with Crippen LogP contribution < -0.4 is 4.74 Å². The predicted molar refractivity (Wildman–Crippen MR) is 114 cm³/mol. The number of carbonyl (C=O) groups excluding carboxylic acids is 2. The highest BCUT2D eigenvalue weighted by Gasteiger charge is 2.23. The van der Waals surface area contributed by atoms with Crippen LogP contribution in [0.15, 0.2) is 48.5 Å². The van der Waals surface area contributed by atoms with Crippen molar-refractivity contribution in [3.05, 3.63) is 65.2 Å².